The van der Waals surface area contributed by atoms with Gasteiger partial charge in [-0.15, -0.1) is 11.3 Å². The lowest BCUT2D eigenvalue weighted by atomic mass is 10.3. The van der Waals surface area contributed by atoms with Crippen LogP contribution in [0.15, 0.2) is 47.0 Å². The lowest BCUT2D eigenvalue weighted by molar-refractivity contribution is 0.781. The zero-order chi connectivity index (χ0) is 16.8. The summed E-state index contributed by atoms with van der Waals surface area (Å²) in [6.45, 7) is 3.78. The third kappa shape index (κ3) is 4.14. The van der Waals surface area contributed by atoms with Crippen molar-refractivity contribution in [2.75, 3.05) is 20.1 Å². The Morgan fingerprint density at radius 3 is 2.75 bits per heavy atom. The second-order valence-corrected chi connectivity index (χ2v) is 6.69. The van der Waals surface area contributed by atoms with E-state index in [-0.39, 0.29) is 0 Å². The standard InChI is InChI=1S/C18H23N5S/c1-14-5-3-11-23-13-15(22-17(14)23)7-9-20-18(19-2)21-10-8-16-6-4-12-24-16/h3-6,11-13H,7-10H2,1-2H3,(H2,19,20,21). The second-order valence-electron chi connectivity index (χ2n) is 5.66. The second kappa shape index (κ2) is 7.97. The summed E-state index contributed by atoms with van der Waals surface area (Å²) in [5.74, 6) is 0.839. The summed E-state index contributed by atoms with van der Waals surface area (Å²) >= 11 is 1.79. The van der Waals surface area contributed by atoms with E-state index >= 15 is 0 Å². The van der Waals surface area contributed by atoms with Gasteiger partial charge in [0.2, 0.25) is 0 Å². The first-order chi connectivity index (χ1) is 11.8. The molecule has 0 atom stereocenters. The van der Waals surface area contributed by atoms with Gasteiger partial charge in [0, 0.05) is 43.8 Å². The molecule has 2 N–H and O–H groups in total. The topological polar surface area (TPSA) is 53.7 Å². The van der Waals surface area contributed by atoms with Crippen molar-refractivity contribution in [2.45, 2.75) is 19.8 Å². The van der Waals surface area contributed by atoms with Gasteiger partial charge in [-0.1, -0.05) is 12.1 Å². The van der Waals surface area contributed by atoms with Gasteiger partial charge in [-0.2, -0.15) is 0 Å². The molecule has 0 saturated heterocycles. The van der Waals surface area contributed by atoms with E-state index in [2.05, 4.69) is 56.7 Å². The van der Waals surface area contributed by atoms with Crippen LogP contribution in [0.4, 0.5) is 0 Å². The van der Waals surface area contributed by atoms with E-state index in [1.807, 2.05) is 12.3 Å². The number of rotatable bonds is 6. The quantitative estimate of drug-likeness (QED) is 0.535. The number of hydrogen-bond acceptors (Lipinski definition) is 3. The van der Waals surface area contributed by atoms with Crippen LogP contribution < -0.4 is 10.6 Å². The van der Waals surface area contributed by atoms with E-state index in [0.717, 1.165) is 43.2 Å². The normalized spacial score (nSPS) is 11.8. The van der Waals surface area contributed by atoms with Crippen LogP contribution in [0.2, 0.25) is 0 Å². The van der Waals surface area contributed by atoms with Gasteiger partial charge in [-0.05, 0) is 36.4 Å². The van der Waals surface area contributed by atoms with Crippen molar-refractivity contribution >= 4 is 22.9 Å². The first-order valence-electron chi connectivity index (χ1n) is 8.16. The predicted molar refractivity (Wildman–Crippen MR) is 101 cm³/mol. The van der Waals surface area contributed by atoms with E-state index in [9.17, 15) is 0 Å². The highest BCUT2D eigenvalue weighted by Gasteiger charge is 2.04. The van der Waals surface area contributed by atoms with E-state index in [0.29, 0.717) is 0 Å². The number of nitrogens with zero attached hydrogens (tertiary/aromatic N) is 3. The van der Waals surface area contributed by atoms with Gasteiger partial charge in [-0.25, -0.2) is 4.98 Å². The Labute approximate surface area is 146 Å². The van der Waals surface area contributed by atoms with Gasteiger partial charge in [0.15, 0.2) is 5.96 Å². The average molecular weight is 341 g/mol. The number of thiophene rings is 1. The molecule has 5 nitrogen and oxygen atoms in total. The van der Waals surface area contributed by atoms with Crippen molar-refractivity contribution in [3.63, 3.8) is 0 Å². The molecule has 3 heterocycles. The van der Waals surface area contributed by atoms with Gasteiger partial charge in [0.25, 0.3) is 0 Å². The van der Waals surface area contributed by atoms with Crippen molar-refractivity contribution in [1.82, 2.24) is 20.0 Å². The molecule has 0 aromatic carbocycles. The average Bonchev–Trinajstić information content (AvgIpc) is 3.23. The third-order valence-electron chi connectivity index (χ3n) is 3.87. The van der Waals surface area contributed by atoms with Gasteiger partial charge in [0.1, 0.15) is 5.65 Å². The molecule has 0 bridgehead atoms. The summed E-state index contributed by atoms with van der Waals surface area (Å²) in [5.41, 5.74) is 3.32. The summed E-state index contributed by atoms with van der Waals surface area (Å²) in [7, 11) is 1.80. The Bertz CT molecular complexity index is 804. The largest absolute Gasteiger partial charge is 0.356 e. The van der Waals surface area contributed by atoms with Crippen molar-refractivity contribution in [2.24, 2.45) is 4.99 Å². The van der Waals surface area contributed by atoms with Crippen LogP contribution in [0, 0.1) is 6.92 Å². The fourth-order valence-electron chi connectivity index (χ4n) is 2.61. The predicted octanol–water partition coefficient (Wildman–Crippen LogP) is 2.65. The number of fused-ring (bicyclic) bond motifs is 1. The molecule has 0 aliphatic heterocycles. The summed E-state index contributed by atoms with van der Waals surface area (Å²) in [5, 5.41) is 8.81. The molecule has 0 spiro atoms. The highest BCUT2D eigenvalue weighted by molar-refractivity contribution is 7.09. The Hall–Kier alpha value is -2.34. The number of guanidine groups is 1. The number of aromatic nitrogens is 2. The molecule has 3 aromatic rings. The fourth-order valence-corrected chi connectivity index (χ4v) is 3.32. The van der Waals surface area contributed by atoms with Gasteiger partial charge >= 0.3 is 0 Å². The minimum Gasteiger partial charge on any atom is -0.356 e. The Kier molecular flexibility index (Phi) is 5.48. The molecular weight excluding hydrogens is 318 g/mol. The summed E-state index contributed by atoms with van der Waals surface area (Å²) in [6.07, 6.45) is 6.02. The molecule has 126 valence electrons. The summed E-state index contributed by atoms with van der Waals surface area (Å²) in [4.78, 5) is 10.3. The molecule has 0 saturated carbocycles. The lowest BCUT2D eigenvalue weighted by Crippen LogP contribution is -2.39. The Morgan fingerprint density at radius 1 is 1.21 bits per heavy atom. The van der Waals surface area contributed by atoms with Crippen molar-refractivity contribution in [1.29, 1.82) is 0 Å². The molecule has 24 heavy (non-hydrogen) atoms. The Balaban J connectivity index is 1.46. The molecule has 0 aliphatic carbocycles. The molecule has 0 fully saturated rings. The molecule has 0 unspecified atom stereocenters. The van der Waals surface area contributed by atoms with E-state index in [4.69, 9.17) is 4.98 Å². The molecule has 0 radical (unpaired) electrons. The van der Waals surface area contributed by atoms with Crippen molar-refractivity contribution < 1.29 is 0 Å². The number of imidazole rings is 1. The highest BCUT2D eigenvalue weighted by Crippen LogP contribution is 2.10. The van der Waals surface area contributed by atoms with Crippen molar-refractivity contribution in [3.05, 3.63) is 58.2 Å². The third-order valence-corrected chi connectivity index (χ3v) is 4.81. The monoisotopic (exact) mass is 341 g/mol. The zero-order valence-electron chi connectivity index (χ0n) is 14.1. The number of aryl methyl sites for hydroxylation is 1. The molecule has 6 heteroatoms. The molecule has 0 amide bonds. The first-order valence-corrected chi connectivity index (χ1v) is 9.04. The zero-order valence-corrected chi connectivity index (χ0v) is 14.9. The maximum Gasteiger partial charge on any atom is 0.191 e. The van der Waals surface area contributed by atoms with E-state index in [1.54, 1.807) is 18.4 Å². The van der Waals surface area contributed by atoms with Crippen LogP contribution in [0.5, 0.6) is 0 Å². The fraction of sp³-hybridized carbons (Fsp3) is 0.333. The maximum atomic E-state index is 4.69. The van der Waals surface area contributed by atoms with Crippen LogP contribution in [-0.2, 0) is 12.8 Å². The molecular formula is C18H23N5S. The number of pyridine rings is 1. The lowest BCUT2D eigenvalue weighted by Gasteiger charge is -2.10. The maximum absolute atomic E-state index is 4.69. The SMILES string of the molecule is CN=C(NCCc1cn2cccc(C)c2n1)NCCc1cccs1. The van der Waals surface area contributed by atoms with Crippen LogP contribution in [0.25, 0.3) is 5.65 Å². The Morgan fingerprint density at radius 2 is 2.04 bits per heavy atom. The molecule has 3 rings (SSSR count). The molecule has 0 aliphatic rings. The van der Waals surface area contributed by atoms with Gasteiger partial charge in [-0.3, -0.25) is 4.99 Å². The van der Waals surface area contributed by atoms with Crippen LogP contribution >= 0.6 is 11.3 Å². The van der Waals surface area contributed by atoms with Gasteiger partial charge < -0.3 is 15.0 Å². The van der Waals surface area contributed by atoms with Crippen molar-refractivity contribution in [3.8, 4) is 0 Å². The number of nitrogens with one attached hydrogen (secondary N) is 2. The highest BCUT2D eigenvalue weighted by atomic mass is 32.1. The van der Waals surface area contributed by atoms with E-state index < -0.39 is 0 Å². The van der Waals surface area contributed by atoms with Crippen LogP contribution in [0.1, 0.15) is 16.1 Å². The summed E-state index contributed by atoms with van der Waals surface area (Å²) in [6, 6.07) is 8.38. The van der Waals surface area contributed by atoms with Crippen LogP contribution in [0.3, 0.4) is 0 Å². The first kappa shape index (κ1) is 16.5. The number of aliphatic imine (C=N–C) groups is 1. The minimum absolute atomic E-state index is 0.807. The summed E-state index contributed by atoms with van der Waals surface area (Å²) < 4.78 is 2.08. The molecule has 3 aromatic heterocycles. The van der Waals surface area contributed by atoms with Crippen LogP contribution in [-0.4, -0.2) is 35.5 Å². The smallest absolute Gasteiger partial charge is 0.191 e. The van der Waals surface area contributed by atoms with Gasteiger partial charge in [0.05, 0.1) is 5.69 Å². The van der Waals surface area contributed by atoms with E-state index in [1.165, 1.54) is 10.4 Å². The minimum atomic E-state index is 0.807. The number of hydrogen-bond donors (Lipinski definition) is 2.